The molecule has 0 fully saturated rings. The Morgan fingerprint density at radius 2 is 2.15 bits per heavy atom. The maximum atomic E-state index is 13.2. The molecule has 0 aliphatic heterocycles. The Hall–Kier alpha value is -2.32. The molecule has 0 unspecified atom stereocenters. The first-order chi connectivity index (χ1) is 12.3. The van der Waals surface area contributed by atoms with Crippen LogP contribution in [-0.4, -0.2) is 16.9 Å². The van der Waals surface area contributed by atoms with Gasteiger partial charge in [0.25, 0.3) is 11.8 Å². The Labute approximate surface area is 159 Å². The number of anilines is 1. The number of thiophene rings is 1. The number of thiocarbonyl (C=S) groups is 1. The second kappa shape index (κ2) is 7.51. The molecule has 0 saturated carbocycles. The highest BCUT2D eigenvalue weighted by Crippen LogP contribution is 2.39. The molecule has 0 spiro atoms. The molecule has 1 aliphatic rings. The number of amides is 2. The third-order valence-electron chi connectivity index (χ3n) is 4.30. The minimum absolute atomic E-state index is 0.0356. The van der Waals surface area contributed by atoms with Gasteiger partial charge in [-0.05, 0) is 61.2 Å². The molecule has 1 aliphatic carbocycles. The van der Waals surface area contributed by atoms with Crippen LogP contribution in [0.2, 0.25) is 0 Å². The van der Waals surface area contributed by atoms with Gasteiger partial charge in [0.15, 0.2) is 5.11 Å². The fraction of sp³-hybridized carbons (Fsp3) is 0.278. The van der Waals surface area contributed by atoms with Crippen molar-refractivity contribution in [1.82, 2.24) is 5.32 Å². The third-order valence-corrected chi connectivity index (χ3v) is 5.67. The standard InChI is InChI=1S/C18H18FN3O2S2/c1-9-5-6-12-13(7-9)26-17(14(12)15(20)23)22-18(25)21-16(24)10-3-2-4-11(19)8-10/h2-4,8-9H,5-7H2,1H3,(H2,20,23)(H2,21,22,24,25)/t9-/m0/s1. The Morgan fingerprint density at radius 3 is 2.85 bits per heavy atom. The lowest BCUT2D eigenvalue weighted by Crippen LogP contribution is -2.34. The summed E-state index contributed by atoms with van der Waals surface area (Å²) in [6.07, 6.45) is 2.70. The van der Waals surface area contributed by atoms with E-state index < -0.39 is 17.6 Å². The molecule has 0 saturated heterocycles. The largest absolute Gasteiger partial charge is 0.365 e. The van der Waals surface area contributed by atoms with E-state index in [0.717, 1.165) is 35.8 Å². The number of hydrogen-bond acceptors (Lipinski definition) is 4. The number of halogens is 1. The van der Waals surface area contributed by atoms with Crippen LogP contribution >= 0.6 is 23.6 Å². The van der Waals surface area contributed by atoms with E-state index in [1.165, 1.54) is 29.5 Å². The molecule has 136 valence electrons. The Kier molecular flexibility index (Phi) is 5.33. The summed E-state index contributed by atoms with van der Waals surface area (Å²) in [4.78, 5) is 25.2. The number of hydrogen-bond donors (Lipinski definition) is 3. The summed E-state index contributed by atoms with van der Waals surface area (Å²) in [5, 5.41) is 5.98. The van der Waals surface area contributed by atoms with Crippen molar-refractivity contribution < 1.29 is 14.0 Å². The first-order valence-corrected chi connectivity index (χ1v) is 9.40. The highest BCUT2D eigenvalue weighted by atomic mass is 32.1. The monoisotopic (exact) mass is 391 g/mol. The Morgan fingerprint density at radius 1 is 1.38 bits per heavy atom. The minimum Gasteiger partial charge on any atom is -0.365 e. The molecule has 1 aromatic heterocycles. The van der Waals surface area contributed by atoms with Gasteiger partial charge < -0.3 is 11.1 Å². The summed E-state index contributed by atoms with van der Waals surface area (Å²) in [5.41, 5.74) is 7.13. The molecule has 2 aromatic rings. The Balaban J connectivity index is 1.77. The molecule has 26 heavy (non-hydrogen) atoms. The maximum Gasteiger partial charge on any atom is 0.257 e. The number of nitrogens with two attached hydrogens (primary N) is 1. The number of benzene rings is 1. The topological polar surface area (TPSA) is 84.2 Å². The van der Waals surface area contributed by atoms with Crippen LogP contribution in [0.15, 0.2) is 24.3 Å². The number of nitrogens with one attached hydrogen (secondary N) is 2. The molecule has 0 radical (unpaired) electrons. The molecular formula is C18H18FN3O2S2. The van der Waals surface area contributed by atoms with Gasteiger partial charge in [-0.2, -0.15) is 0 Å². The fourth-order valence-electron chi connectivity index (χ4n) is 3.04. The van der Waals surface area contributed by atoms with E-state index in [9.17, 15) is 14.0 Å². The minimum atomic E-state index is -0.530. The van der Waals surface area contributed by atoms with Gasteiger partial charge >= 0.3 is 0 Å². The quantitative estimate of drug-likeness (QED) is 0.702. The molecule has 3 rings (SSSR count). The van der Waals surface area contributed by atoms with Crippen molar-refractivity contribution in [3.8, 4) is 0 Å². The summed E-state index contributed by atoms with van der Waals surface area (Å²) in [6, 6.07) is 5.31. The van der Waals surface area contributed by atoms with E-state index in [1.54, 1.807) is 0 Å². The second-order valence-electron chi connectivity index (χ2n) is 6.34. The van der Waals surface area contributed by atoms with Crippen LogP contribution in [-0.2, 0) is 12.8 Å². The van der Waals surface area contributed by atoms with Gasteiger partial charge in [-0.25, -0.2) is 4.39 Å². The van der Waals surface area contributed by atoms with Crippen molar-refractivity contribution >= 4 is 45.5 Å². The zero-order valence-electron chi connectivity index (χ0n) is 14.1. The predicted octanol–water partition coefficient (Wildman–Crippen LogP) is 3.24. The van der Waals surface area contributed by atoms with Gasteiger partial charge in [0.1, 0.15) is 10.8 Å². The average molecular weight is 391 g/mol. The number of fused-ring (bicyclic) bond motifs is 1. The smallest absolute Gasteiger partial charge is 0.257 e. The van der Waals surface area contributed by atoms with Crippen LogP contribution < -0.4 is 16.4 Å². The molecule has 2 amide bonds. The number of primary amides is 1. The van der Waals surface area contributed by atoms with Crippen LogP contribution in [0, 0.1) is 11.7 Å². The van der Waals surface area contributed by atoms with E-state index in [1.807, 2.05) is 0 Å². The fourth-order valence-corrected chi connectivity index (χ4v) is 4.72. The highest BCUT2D eigenvalue weighted by Gasteiger charge is 2.27. The van der Waals surface area contributed by atoms with Crippen molar-refractivity contribution in [3.05, 3.63) is 51.7 Å². The SMILES string of the molecule is C[C@H]1CCc2c(sc(NC(=S)NC(=O)c3cccc(F)c3)c2C(N)=O)C1. The first kappa shape index (κ1) is 18.5. The summed E-state index contributed by atoms with van der Waals surface area (Å²) in [6.45, 7) is 2.17. The zero-order chi connectivity index (χ0) is 18.8. The van der Waals surface area contributed by atoms with Gasteiger partial charge in [-0.3, -0.25) is 14.9 Å². The summed E-state index contributed by atoms with van der Waals surface area (Å²) in [5.74, 6) is -1.00. The number of carbonyl (C=O) groups is 2. The summed E-state index contributed by atoms with van der Waals surface area (Å²) < 4.78 is 13.2. The number of carbonyl (C=O) groups excluding carboxylic acids is 2. The molecule has 8 heteroatoms. The second-order valence-corrected chi connectivity index (χ2v) is 7.85. The van der Waals surface area contributed by atoms with Crippen LogP contribution in [0.4, 0.5) is 9.39 Å². The first-order valence-electron chi connectivity index (χ1n) is 8.17. The molecule has 1 heterocycles. The van der Waals surface area contributed by atoms with E-state index in [0.29, 0.717) is 16.5 Å². The van der Waals surface area contributed by atoms with Gasteiger partial charge in [0.05, 0.1) is 5.56 Å². The van der Waals surface area contributed by atoms with Crippen LogP contribution in [0.5, 0.6) is 0 Å². The molecule has 0 bridgehead atoms. The van der Waals surface area contributed by atoms with Crippen molar-refractivity contribution in [3.63, 3.8) is 0 Å². The molecule has 1 aromatic carbocycles. The van der Waals surface area contributed by atoms with Crippen LogP contribution in [0.3, 0.4) is 0 Å². The molecular weight excluding hydrogens is 373 g/mol. The maximum absolute atomic E-state index is 13.2. The number of rotatable bonds is 3. The van der Waals surface area contributed by atoms with Crippen LogP contribution in [0.25, 0.3) is 0 Å². The van der Waals surface area contributed by atoms with Gasteiger partial charge in [-0.1, -0.05) is 13.0 Å². The van der Waals surface area contributed by atoms with Gasteiger partial charge in [0, 0.05) is 10.4 Å². The third kappa shape index (κ3) is 3.91. The van der Waals surface area contributed by atoms with E-state index in [-0.39, 0.29) is 10.7 Å². The average Bonchev–Trinajstić information content (AvgIpc) is 2.91. The van der Waals surface area contributed by atoms with Crippen molar-refractivity contribution in [2.45, 2.75) is 26.2 Å². The highest BCUT2D eigenvalue weighted by molar-refractivity contribution is 7.80. The normalized spacial score (nSPS) is 15.8. The lowest BCUT2D eigenvalue weighted by Gasteiger charge is -2.18. The lowest BCUT2D eigenvalue weighted by molar-refractivity contribution is 0.0975. The zero-order valence-corrected chi connectivity index (χ0v) is 15.7. The Bertz CT molecular complexity index is 895. The van der Waals surface area contributed by atoms with Crippen molar-refractivity contribution in [1.29, 1.82) is 0 Å². The lowest BCUT2D eigenvalue weighted by atomic mass is 9.88. The van der Waals surface area contributed by atoms with Crippen molar-refractivity contribution in [2.24, 2.45) is 11.7 Å². The van der Waals surface area contributed by atoms with E-state index in [4.69, 9.17) is 18.0 Å². The summed E-state index contributed by atoms with van der Waals surface area (Å²) in [7, 11) is 0. The van der Waals surface area contributed by atoms with Gasteiger partial charge in [-0.15, -0.1) is 11.3 Å². The van der Waals surface area contributed by atoms with E-state index >= 15 is 0 Å². The predicted molar refractivity (Wildman–Crippen MR) is 104 cm³/mol. The van der Waals surface area contributed by atoms with Gasteiger partial charge in [0.2, 0.25) is 0 Å². The van der Waals surface area contributed by atoms with Crippen LogP contribution in [0.1, 0.15) is 44.5 Å². The summed E-state index contributed by atoms with van der Waals surface area (Å²) >= 11 is 6.61. The molecule has 1 atom stereocenters. The molecule has 5 nitrogen and oxygen atoms in total. The van der Waals surface area contributed by atoms with E-state index in [2.05, 4.69) is 17.6 Å². The van der Waals surface area contributed by atoms with Crippen molar-refractivity contribution in [2.75, 3.05) is 5.32 Å². The molecule has 4 N–H and O–H groups in total.